The quantitative estimate of drug-likeness (QED) is 0.719. The predicted molar refractivity (Wildman–Crippen MR) is 75.8 cm³/mol. The summed E-state index contributed by atoms with van der Waals surface area (Å²) < 4.78 is 5.11. The van der Waals surface area contributed by atoms with Crippen molar-refractivity contribution in [3.05, 3.63) is 23.8 Å². The van der Waals surface area contributed by atoms with Crippen LogP contribution in [0.15, 0.2) is 18.2 Å². The molecule has 1 aliphatic rings. The fraction of sp³-hybridized carbons (Fsp3) is 0.500. The number of rotatable bonds is 4. The molecule has 0 radical (unpaired) electrons. The molecule has 1 aromatic carbocycles. The number of methoxy groups -OCH3 is 1. The molecule has 1 aliphatic heterocycles. The number of likely N-dealkylation sites (N-methyl/N-ethyl adjacent to an activating group) is 1. The van der Waals surface area contributed by atoms with Gasteiger partial charge in [0.1, 0.15) is 6.04 Å². The van der Waals surface area contributed by atoms with Crippen molar-refractivity contribution in [2.45, 2.75) is 12.6 Å². The molecule has 1 heterocycles. The molecule has 0 aromatic heterocycles. The zero-order valence-corrected chi connectivity index (χ0v) is 11.8. The second-order valence-corrected chi connectivity index (χ2v) is 4.81. The van der Waals surface area contributed by atoms with Gasteiger partial charge in [-0.1, -0.05) is 6.07 Å². The van der Waals surface area contributed by atoms with E-state index in [1.54, 1.807) is 19.2 Å². The lowest BCUT2D eigenvalue weighted by atomic mass is 10.1. The average molecular weight is 279 g/mol. The maximum atomic E-state index is 11.9. The van der Waals surface area contributed by atoms with Crippen molar-refractivity contribution in [3.63, 3.8) is 0 Å². The summed E-state index contributed by atoms with van der Waals surface area (Å²) in [4.78, 5) is 14.0. The third-order valence-corrected chi connectivity index (χ3v) is 3.53. The van der Waals surface area contributed by atoms with Gasteiger partial charge in [0.15, 0.2) is 11.5 Å². The highest BCUT2D eigenvalue weighted by Crippen LogP contribution is 2.27. The maximum absolute atomic E-state index is 11.9. The molecule has 2 rings (SSSR count). The Morgan fingerprint density at radius 2 is 2.40 bits per heavy atom. The monoisotopic (exact) mass is 279 g/mol. The molecule has 0 aliphatic carbocycles. The molecule has 3 N–H and O–H groups in total. The van der Waals surface area contributed by atoms with Gasteiger partial charge in [-0.25, -0.2) is 0 Å². The van der Waals surface area contributed by atoms with Gasteiger partial charge >= 0.3 is 0 Å². The van der Waals surface area contributed by atoms with E-state index in [1.165, 1.54) is 7.11 Å². The Morgan fingerprint density at radius 1 is 1.60 bits per heavy atom. The third kappa shape index (κ3) is 3.20. The average Bonchev–Trinajstić information content (AvgIpc) is 2.49. The highest BCUT2D eigenvalue weighted by Gasteiger charge is 2.27. The minimum absolute atomic E-state index is 0.0166. The first-order valence-corrected chi connectivity index (χ1v) is 6.68. The van der Waals surface area contributed by atoms with Crippen LogP contribution >= 0.6 is 0 Å². The molecule has 0 bridgehead atoms. The second kappa shape index (κ2) is 6.58. The number of phenolic OH excluding ortho intramolecular Hbond substituents is 1. The van der Waals surface area contributed by atoms with Gasteiger partial charge in [0, 0.05) is 33.2 Å². The topological polar surface area (TPSA) is 73.8 Å². The first kappa shape index (κ1) is 14.6. The summed E-state index contributed by atoms with van der Waals surface area (Å²) in [5, 5.41) is 15.5. The molecule has 0 spiro atoms. The van der Waals surface area contributed by atoms with Crippen molar-refractivity contribution >= 4 is 5.91 Å². The molecule has 6 nitrogen and oxygen atoms in total. The Bertz CT molecular complexity index is 479. The summed E-state index contributed by atoms with van der Waals surface area (Å²) in [6.45, 7) is 2.97. The van der Waals surface area contributed by atoms with E-state index in [9.17, 15) is 9.90 Å². The molecular formula is C14H21N3O3. The first-order chi connectivity index (χ1) is 9.65. The molecule has 1 amide bonds. The number of hydrogen-bond donors (Lipinski definition) is 3. The van der Waals surface area contributed by atoms with Crippen LogP contribution in [0.4, 0.5) is 0 Å². The van der Waals surface area contributed by atoms with E-state index >= 15 is 0 Å². The molecular weight excluding hydrogens is 258 g/mol. The minimum atomic E-state index is -0.173. The number of piperazine rings is 1. The minimum Gasteiger partial charge on any atom is -0.504 e. The standard InChI is InChI=1S/C14H21N3O3/c1-15-14(19)11-8-16-5-6-17(11)9-10-3-4-12(18)13(7-10)20-2/h3-4,7,11,16,18H,5-6,8-9H2,1-2H3,(H,15,19). The van der Waals surface area contributed by atoms with E-state index < -0.39 is 0 Å². The summed E-state index contributed by atoms with van der Waals surface area (Å²) in [5.74, 6) is 0.594. The first-order valence-electron chi connectivity index (χ1n) is 6.68. The molecule has 20 heavy (non-hydrogen) atoms. The maximum Gasteiger partial charge on any atom is 0.238 e. The number of amides is 1. The third-order valence-electron chi connectivity index (χ3n) is 3.53. The number of nitrogens with one attached hydrogen (secondary N) is 2. The van der Waals surface area contributed by atoms with Gasteiger partial charge in [-0.15, -0.1) is 0 Å². The lowest BCUT2D eigenvalue weighted by Gasteiger charge is -2.34. The van der Waals surface area contributed by atoms with E-state index in [1.807, 2.05) is 6.07 Å². The summed E-state index contributed by atoms with van der Waals surface area (Å²) in [6.07, 6.45) is 0. The van der Waals surface area contributed by atoms with Gasteiger partial charge in [0.2, 0.25) is 5.91 Å². The lowest BCUT2D eigenvalue weighted by molar-refractivity contribution is -0.126. The Kier molecular flexibility index (Phi) is 4.81. The second-order valence-electron chi connectivity index (χ2n) is 4.81. The molecule has 0 saturated carbocycles. The number of ether oxygens (including phenoxy) is 1. The van der Waals surface area contributed by atoms with Crippen molar-refractivity contribution < 1.29 is 14.6 Å². The van der Waals surface area contributed by atoms with Gasteiger partial charge < -0.3 is 20.5 Å². The number of carbonyl (C=O) groups is 1. The molecule has 1 saturated heterocycles. The molecule has 1 atom stereocenters. The van der Waals surface area contributed by atoms with Gasteiger partial charge in [0.25, 0.3) is 0 Å². The zero-order chi connectivity index (χ0) is 14.5. The number of benzene rings is 1. The van der Waals surface area contributed by atoms with Crippen LogP contribution in [-0.2, 0) is 11.3 Å². The molecule has 110 valence electrons. The van der Waals surface area contributed by atoms with Crippen LogP contribution in [0, 0.1) is 0 Å². The molecule has 1 aromatic rings. The summed E-state index contributed by atoms with van der Waals surface area (Å²) >= 11 is 0. The Labute approximate surface area is 118 Å². The Balaban J connectivity index is 2.12. The van der Waals surface area contributed by atoms with Gasteiger partial charge in [-0.3, -0.25) is 9.69 Å². The van der Waals surface area contributed by atoms with Crippen molar-refractivity contribution in [2.75, 3.05) is 33.8 Å². The van der Waals surface area contributed by atoms with Crippen LogP contribution in [-0.4, -0.2) is 55.7 Å². The van der Waals surface area contributed by atoms with Crippen molar-refractivity contribution in [3.8, 4) is 11.5 Å². The van der Waals surface area contributed by atoms with Crippen molar-refractivity contribution in [2.24, 2.45) is 0 Å². The van der Waals surface area contributed by atoms with E-state index in [2.05, 4.69) is 15.5 Å². The summed E-state index contributed by atoms with van der Waals surface area (Å²) in [6, 6.07) is 5.10. The van der Waals surface area contributed by atoms with Gasteiger partial charge in [0.05, 0.1) is 7.11 Å². The predicted octanol–water partition coefficient (Wildman–Crippen LogP) is -0.0794. The number of nitrogens with zero attached hydrogens (tertiary/aromatic N) is 1. The fourth-order valence-electron chi connectivity index (χ4n) is 2.42. The van der Waals surface area contributed by atoms with Crippen LogP contribution in [0.25, 0.3) is 0 Å². The van der Waals surface area contributed by atoms with E-state index in [0.717, 1.165) is 18.7 Å². The lowest BCUT2D eigenvalue weighted by Crippen LogP contribution is -2.56. The zero-order valence-electron chi connectivity index (χ0n) is 11.8. The Hall–Kier alpha value is -1.79. The molecule has 1 unspecified atom stereocenters. The van der Waals surface area contributed by atoms with Crippen LogP contribution in [0.5, 0.6) is 11.5 Å². The van der Waals surface area contributed by atoms with E-state index in [4.69, 9.17) is 4.74 Å². The molecule has 1 fully saturated rings. The summed E-state index contributed by atoms with van der Waals surface area (Å²) in [5.41, 5.74) is 1.01. The van der Waals surface area contributed by atoms with Gasteiger partial charge in [-0.2, -0.15) is 0 Å². The van der Waals surface area contributed by atoms with Crippen LogP contribution in [0.2, 0.25) is 0 Å². The SMILES string of the molecule is CNC(=O)C1CNCCN1Cc1ccc(O)c(OC)c1. The normalized spacial score (nSPS) is 19.6. The largest absolute Gasteiger partial charge is 0.504 e. The fourth-order valence-corrected chi connectivity index (χ4v) is 2.42. The van der Waals surface area contributed by atoms with Crippen LogP contribution in [0.1, 0.15) is 5.56 Å². The van der Waals surface area contributed by atoms with Crippen molar-refractivity contribution in [1.29, 1.82) is 0 Å². The number of aromatic hydroxyl groups is 1. The number of phenols is 1. The van der Waals surface area contributed by atoms with Crippen molar-refractivity contribution in [1.82, 2.24) is 15.5 Å². The smallest absolute Gasteiger partial charge is 0.238 e. The summed E-state index contributed by atoms with van der Waals surface area (Å²) in [7, 11) is 3.18. The van der Waals surface area contributed by atoms with E-state index in [0.29, 0.717) is 18.8 Å². The molecule has 6 heteroatoms. The van der Waals surface area contributed by atoms with Crippen LogP contribution in [0.3, 0.4) is 0 Å². The van der Waals surface area contributed by atoms with Crippen LogP contribution < -0.4 is 15.4 Å². The highest BCUT2D eigenvalue weighted by atomic mass is 16.5. The Morgan fingerprint density at radius 3 is 3.10 bits per heavy atom. The number of hydrogen-bond acceptors (Lipinski definition) is 5. The highest BCUT2D eigenvalue weighted by molar-refractivity contribution is 5.81. The number of carbonyl (C=O) groups excluding carboxylic acids is 1. The van der Waals surface area contributed by atoms with E-state index in [-0.39, 0.29) is 17.7 Å². The van der Waals surface area contributed by atoms with Gasteiger partial charge in [-0.05, 0) is 17.7 Å².